The molecule has 0 unspecified atom stereocenters. The minimum Gasteiger partial charge on any atom is -0.435 e. The number of aromatic nitrogens is 2. The van der Waals surface area contributed by atoms with Crippen molar-refractivity contribution in [1.82, 2.24) is 10.2 Å². The van der Waals surface area contributed by atoms with E-state index in [4.69, 9.17) is 4.42 Å². The molecule has 0 aliphatic carbocycles. The molecule has 1 heterocycles. The third-order valence-electron chi connectivity index (χ3n) is 3.17. The van der Waals surface area contributed by atoms with E-state index in [2.05, 4.69) is 20.3 Å². The normalized spacial score (nSPS) is 10.8. The number of carbonyl (C=O) groups excluding carboxylic acids is 1. The summed E-state index contributed by atoms with van der Waals surface area (Å²) in [7, 11) is 0. The number of nitrogens with one attached hydrogen (secondary N) is 1. The van der Waals surface area contributed by atoms with E-state index in [0.717, 1.165) is 11.8 Å². The molecule has 0 aliphatic heterocycles. The lowest BCUT2D eigenvalue weighted by Gasteiger charge is -2.04. The van der Waals surface area contributed by atoms with Gasteiger partial charge in [-0.1, -0.05) is 17.8 Å². The molecule has 1 N–H and O–H groups in total. The summed E-state index contributed by atoms with van der Waals surface area (Å²) >= 11 is 1.01. The average molecular weight is 395 g/mol. The Bertz CT molecular complexity index is 919. The molecular formula is C17H12F3N3O3S. The van der Waals surface area contributed by atoms with Gasteiger partial charge in [0.15, 0.2) is 0 Å². The number of amides is 1. The summed E-state index contributed by atoms with van der Waals surface area (Å²) in [6.07, 6.45) is 0. The van der Waals surface area contributed by atoms with Crippen LogP contribution in [0.15, 0.2) is 58.2 Å². The highest BCUT2D eigenvalue weighted by Gasteiger charge is 2.12. The largest absolute Gasteiger partial charge is 0.435 e. The van der Waals surface area contributed by atoms with Crippen LogP contribution >= 0.6 is 11.8 Å². The van der Waals surface area contributed by atoms with Gasteiger partial charge in [0.1, 0.15) is 11.6 Å². The van der Waals surface area contributed by atoms with Crippen LogP contribution in [0.3, 0.4) is 0 Å². The van der Waals surface area contributed by atoms with Gasteiger partial charge in [-0.05, 0) is 42.5 Å². The van der Waals surface area contributed by atoms with Crippen LogP contribution in [0.1, 0.15) is 0 Å². The van der Waals surface area contributed by atoms with Crippen LogP contribution in [-0.4, -0.2) is 28.5 Å². The van der Waals surface area contributed by atoms with Gasteiger partial charge in [-0.15, -0.1) is 10.2 Å². The van der Waals surface area contributed by atoms with Crippen LogP contribution in [0.4, 0.5) is 18.9 Å². The lowest BCUT2D eigenvalue weighted by molar-refractivity contribution is -0.113. The van der Waals surface area contributed by atoms with E-state index in [1.165, 1.54) is 42.5 Å². The van der Waals surface area contributed by atoms with E-state index < -0.39 is 12.4 Å². The van der Waals surface area contributed by atoms with Crippen molar-refractivity contribution in [2.45, 2.75) is 11.8 Å². The Hall–Kier alpha value is -3.01. The predicted molar refractivity (Wildman–Crippen MR) is 92.1 cm³/mol. The van der Waals surface area contributed by atoms with Gasteiger partial charge >= 0.3 is 6.61 Å². The molecule has 3 rings (SSSR count). The number of anilines is 1. The molecule has 0 saturated carbocycles. The first-order chi connectivity index (χ1) is 13.0. The van der Waals surface area contributed by atoms with Crippen LogP contribution in [0.5, 0.6) is 5.75 Å². The second-order valence-corrected chi connectivity index (χ2v) is 6.05. The molecule has 0 atom stereocenters. The third-order valence-corrected chi connectivity index (χ3v) is 3.99. The molecule has 6 nitrogen and oxygen atoms in total. The highest BCUT2D eigenvalue weighted by atomic mass is 32.2. The number of carbonyl (C=O) groups is 1. The molecule has 27 heavy (non-hydrogen) atoms. The zero-order valence-corrected chi connectivity index (χ0v) is 14.4. The lowest BCUT2D eigenvalue weighted by Crippen LogP contribution is -2.14. The van der Waals surface area contributed by atoms with E-state index in [0.29, 0.717) is 11.3 Å². The van der Waals surface area contributed by atoms with Gasteiger partial charge in [0.2, 0.25) is 11.8 Å². The monoisotopic (exact) mass is 395 g/mol. The highest BCUT2D eigenvalue weighted by Crippen LogP contribution is 2.25. The highest BCUT2D eigenvalue weighted by molar-refractivity contribution is 7.99. The molecular weight excluding hydrogens is 383 g/mol. The molecule has 2 aromatic carbocycles. The van der Waals surface area contributed by atoms with Crippen LogP contribution in [0.2, 0.25) is 0 Å². The van der Waals surface area contributed by atoms with E-state index in [9.17, 15) is 18.0 Å². The third kappa shape index (κ3) is 5.48. The number of nitrogens with zero attached hydrogens (tertiary/aromatic N) is 2. The van der Waals surface area contributed by atoms with E-state index >= 15 is 0 Å². The minimum absolute atomic E-state index is 0.0110. The van der Waals surface area contributed by atoms with Crippen LogP contribution < -0.4 is 10.1 Å². The molecule has 1 aromatic heterocycles. The molecule has 3 aromatic rings. The van der Waals surface area contributed by atoms with Gasteiger partial charge in [-0.25, -0.2) is 4.39 Å². The molecule has 0 radical (unpaired) electrons. The summed E-state index contributed by atoms with van der Waals surface area (Å²) in [6, 6.07) is 11.2. The second-order valence-electron chi connectivity index (χ2n) is 5.12. The van der Waals surface area contributed by atoms with E-state index in [1.807, 2.05) is 0 Å². The topological polar surface area (TPSA) is 77.2 Å². The van der Waals surface area contributed by atoms with Gasteiger partial charge in [0, 0.05) is 11.3 Å². The van der Waals surface area contributed by atoms with E-state index in [-0.39, 0.29) is 28.5 Å². The maximum atomic E-state index is 13.1. The predicted octanol–water partition coefficient (Wildman–Crippen LogP) is 4.21. The fourth-order valence-electron chi connectivity index (χ4n) is 2.05. The van der Waals surface area contributed by atoms with E-state index in [1.54, 1.807) is 6.07 Å². The maximum Gasteiger partial charge on any atom is 0.387 e. The number of benzene rings is 2. The number of hydrogen-bond acceptors (Lipinski definition) is 6. The molecule has 1 amide bonds. The first-order valence-electron chi connectivity index (χ1n) is 7.56. The van der Waals surface area contributed by atoms with Gasteiger partial charge in [0.05, 0.1) is 5.75 Å². The second kappa shape index (κ2) is 8.58. The summed E-state index contributed by atoms with van der Waals surface area (Å²) in [5.74, 6) is -0.645. The van der Waals surface area contributed by atoms with Crippen molar-refractivity contribution in [3.8, 4) is 17.2 Å². The molecule has 10 heteroatoms. The molecule has 0 fully saturated rings. The van der Waals surface area contributed by atoms with Crippen molar-refractivity contribution in [3.63, 3.8) is 0 Å². The number of ether oxygens (including phenoxy) is 1. The first-order valence-corrected chi connectivity index (χ1v) is 8.55. The Morgan fingerprint density at radius 2 is 1.96 bits per heavy atom. The fourth-order valence-corrected chi connectivity index (χ4v) is 2.62. The van der Waals surface area contributed by atoms with Crippen molar-refractivity contribution in [3.05, 3.63) is 54.3 Å². The zero-order chi connectivity index (χ0) is 19.2. The molecule has 0 spiro atoms. The van der Waals surface area contributed by atoms with Crippen LogP contribution in [-0.2, 0) is 4.79 Å². The Morgan fingerprint density at radius 3 is 2.67 bits per heavy atom. The molecule has 0 aliphatic rings. The summed E-state index contributed by atoms with van der Waals surface area (Å²) in [5, 5.41) is 10.4. The number of alkyl halides is 2. The Morgan fingerprint density at radius 1 is 1.19 bits per heavy atom. The maximum absolute atomic E-state index is 13.1. The summed E-state index contributed by atoms with van der Waals surface area (Å²) in [4.78, 5) is 11.9. The number of hydrogen-bond donors (Lipinski definition) is 1. The molecule has 140 valence electrons. The summed E-state index contributed by atoms with van der Waals surface area (Å²) in [5.41, 5.74) is 0.859. The Kier molecular flexibility index (Phi) is 5.97. The molecule has 0 saturated heterocycles. The van der Waals surface area contributed by atoms with Crippen molar-refractivity contribution in [2.24, 2.45) is 0 Å². The van der Waals surface area contributed by atoms with Crippen LogP contribution in [0.25, 0.3) is 11.5 Å². The number of halogens is 3. The van der Waals surface area contributed by atoms with Crippen molar-refractivity contribution >= 4 is 23.4 Å². The first kappa shape index (κ1) is 18.8. The smallest absolute Gasteiger partial charge is 0.387 e. The Balaban J connectivity index is 1.55. The minimum atomic E-state index is -2.90. The number of rotatable bonds is 7. The van der Waals surface area contributed by atoms with Gasteiger partial charge in [-0.2, -0.15) is 8.78 Å². The standard InChI is InChI=1S/C17H12F3N3O3S/c18-11-2-1-3-12(8-11)21-14(24)9-27-17-23-22-15(26-17)10-4-6-13(7-5-10)25-16(19)20/h1-8,16H,9H2,(H,21,24). The summed E-state index contributed by atoms with van der Waals surface area (Å²) < 4.78 is 47.0. The quantitative estimate of drug-likeness (QED) is 0.604. The SMILES string of the molecule is O=C(CSc1nnc(-c2ccc(OC(F)F)cc2)o1)Nc1cccc(F)c1. The molecule has 0 bridgehead atoms. The average Bonchev–Trinajstić information content (AvgIpc) is 3.09. The van der Waals surface area contributed by atoms with Crippen LogP contribution in [0, 0.1) is 5.82 Å². The number of thioether (sulfide) groups is 1. The van der Waals surface area contributed by atoms with Gasteiger partial charge in [0.25, 0.3) is 5.22 Å². The van der Waals surface area contributed by atoms with Gasteiger partial charge in [-0.3, -0.25) is 4.79 Å². The lowest BCUT2D eigenvalue weighted by atomic mass is 10.2. The van der Waals surface area contributed by atoms with Crippen molar-refractivity contribution < 1.29 is 27.1 Å². The van der Waals surface area contributed by atoms with Crippen molar-refractivity contribution in [1.29, 1.82) is 0 Å². The Labute approximate surface area is 155 Å². The van der Waals surface area contributed by atoms with Gasteiger partial charge < -0.3 is 14.5 Å². The van der Waals surface area contributed by atoms with Crippen molar-refractivity contribution in [2.75, 3.05) is 11.1 Å². The summed E-state index contributed by atoms with van der Waals surface area (Å²) in [6.45, 7) is -2.90. The fraction of sp³-hybridized carbons (Fsp3) is 0.118. The zero-order valence-electron chi connectivity index (χ0n) is 13.6.